The van der Waals surface area contributed by atoms with Gasteiger partial charge in [0.1, 0.15) is 43.2 Å². The Hall–Kier alpha value is -3.23. The van der Waals surface area contributed by atoms with Gasteiger partial charge in [0.25, 0.3) is 0 Å². The zero-order valence-corrected chi connectivity index (χ0v) is 35.9. The van der Waals surface area contributed by atoms with Gasteiger partial charge in [-0.1, -0.05) is 111 Å². The highest BCUT2D eigenvalue weighted by Crippen LogP contribution is 2.47. The van der Waals surface area contributed by atoms with Crippen molar-refractivity contribution in [1.29, 1.82) is 0 Å². The van der Waals surface area contributed by atoms with E-state index < -0.39 is 75.7 Å². The number of allylic oxidation sites excluding steroid dienone is 16. The first-order chi connectivity index (χ1) is 28.4. The van der Waals surface area contributed by atoms with Crippen molar-refractivity contribution >= 4 is 19.8 Å². The quantitative estimate of drug-likeness (QED) is 0.0168. The summed E-state index contributed by atoms with van der Waals surface area (Å²) >= 11 is 0. The molecule has 0 aromatic carbocycles. The number of carbonyl (C=O) groups excluding carboxylic acids is 2. The molecular weight excluding hydrogens is 779 g/mol. The molecule has 59 heavy (non-hydrogen) atoms. The van der Waals surface area contributed by atoms with Gasteiger partial charge in [0.15, 0.2) is 6.10 Å². The van der Waals surface area contributed by atoms with Crippen molar-refractivity contribution in [3.05, 3.63) is 97.2 Å². The highest BCUT2D eigenvalue weighted by atomic mass is 31.2. The third kappa shape index (κ3) is 27.3. The molecule has 6 atom stereocenters. The summed E-state index contributed by atoms with van der Waals surface area (Å²) in [6, 6.07) is 0. The second kappa shape index (κ2) is 34.5. The Balaban J connectivity index is 2.58. The Kier molecular flexibility index (Phi) is 31.4. The van der Waals surface area contributed by atoms with E-state index in [9.17, 15) is 44.6 Å². The first-order valence-corrected chi connectivity index (χ1v) is 22.5. The van der Waals surface area contributed by atoms with Crippen LogP contribution in [0.15, 0.2) is 97.2 Å². The molecule has 1 aliphatic carbocycles. The van der Waals surface area contributed by atoms with E-state index in [1.165, 1.54) is 0 Å². The molecule has 1 saturated carbocycles. The van der Waals surface area contributed by atoms with Crippen molar-refractivity contribution in [3.8, 4) is 0 Å². The van der Waals surface area contributed by atoms with E-state index in [1.54, 1.807) is 0 Å². The van der Waals surface area contributed by atoms with E-state index in [0.29, 0.717) is 19.3 Å². The fourth-order valence-electron chi connectivity index (χ4n) is 5.56. The van der Waals surface area contributed by atoms with Gasteiger partial charge in [-0.25, -0.2) is 4.57 Å². The Morgan fingerprint density at radius 3 is 1.32 bits per heavy atom. The van der Waals surface area contributed by atoms with Crippen LogP contribution in [0.25, 0.3) is 0 Å². The summed E-state index contributed by atoms with van der Waals surface area (Å²) in [5.41, 5.74) is 0. The van der Waals surface area contributed by atoms with Crippen molar-refractivity contribution < 1.29 is 63.1 Å². The summed E-state index contributed by atoms with van der Waals surface area (Å²) in [4.78, 5) is 35.6. The zero-order valence-electron chi connectivity index (χ0n) is 35.0. The van der Waals surface area contributed by atoms with Crippen LogP contribution >= 0.6 is 7.82 Å². The van der Waals surface area contributed by atoms with E-state index >= 15 is 0 Å². The number of carbonyl (C=O) groups is 2. The molecule has 1 fully saturated rings. The lowest BCUT2D eigenvalue weighted by atomic mass is 9.85. The molecule has 6 N–H and O–H groups in total. The van der Waals surface area contributed by atoms with E-state index in [4.69, 9.17) is 18.5 Å². The van der Waals surface area contributed by atoms with Crippen molar-refractivity contribution in [2.24, 2.45) is 0 Å². The molecule has 0 spiro atoms. The smallest absolute Gasteiger partial charge is 0.462 e. The molecule has 13 nitrogen and oxygen atoms in total. The predicted octanol–water partition coefficient (Wildman–Crippen LogP) is 7.49. The molecule has 0 heterocycles. The monoisotopic (exact) mass is 850 g/mol. The maximum atomic E-state index is 12.8. The molecule has 14 heteroatoms. The summed E-state index contributed by atoms with van der Waals surface area (Å²) in [6.07, 6.45) is 31.9. The zero-order chi connectivity index (χ0) is 43.6. The number of esters is 2. The Labute approximate surface area is 351 Å². The number of hydrogen-bond acceptors (Lipinski definition) is 12. The molecule has 0 aromatic heterocycles. The van der Waals surface area contributed by atoms with E-state index in [1.807, 2.05) is 6.08 Å². The second-order valence-corrected chi connectivity index (χ2v) is 15.5. The van der Waals surface area contributed by atoms with Crippen LogP contribution in [0.5, 0.6) is 0 Å². The third-order valence-electron chi connectivity index (χ3n) is 8.92. The highest BCUT2D eigenvalue weighted by Gasteiger charge is 2.51. The van der Waals surface area contributed by atoms with Gasteiger partial charge in [0.2, 0.25) is 0 Å². The maximum absolute atomic E-state index is 12.8. The lowest BCUT2D eigenvalue weighted by molar-refractivity contribution is -0.220. The Bertz CT molecular complexity index is 1400. The average Bonchev–Trinajstić information content (AvgIpc) is 3.21. The number of unbranched alkanes of at least 4 members (excludes halogenated alkanes) is 4. The maximum Gasteiger partial charge on any atom is 0.472 e. The molecule has 0 aromatic rings. The largest absolute Gasteiger partial charge is 0.472 e. The molecule has 1 aliphatic rings. The SMILES string of the molecule is CC/C=C\C/C=C\C/C=C\C/C=C\CCCCC(=O)OCC(COP(=O)(O)OC1C(O)C(O)C(O)C(O)C1O)OC(=O)CCCC/C=C\C/C=C\C/C=C\C/C=C\CC. The minimum Gasteiger partial charge on any atom is -0.462 e. The standard InChI is InChI=1S/C45H71O13P/c1-3-5-7-9-11-13-15-17-19-21-23-25-27-29-31-33-38(46)55-35-37(36-56-59(53,54)58-45-43(51)41(49)40(48)42(50)44(45)52)57-39(47)34-32-30-28-26-24-22-20-18-16-14-12-10-8-6-4-2/h5-8,11-14,17-20,23-26,37,40-45,48-52H,3-4,9-10,15-16,21-22,27-36H2,1-2H3,(H,53,54)/b7-5-,8-6-,13-11-,14-12-,19-17-,20-18-,25-23-,26-24-. The number of hydrogen-bond donors (Lipinski definition) is 6. The molecular formula is C45H71O13P. The number of rotatable bonds is 32. The van der Waals surface area contributed by atoms with Crippen molar-refractivity contribution in [1.82, 2.24) is 0 Å². The number of ether oxygens (including phenoxy) is 2. The van der Waals surface area contributed by atoms with Crippen molar-refractivity contribution in [2.45, 2.75) is 159 Å². The minimum absolute atomic E-state index is 0.0289. The molecule has 0 amide bonds. The predicted molar refractivity (Wildman–Crippen MR) is 230 cm³/mol. The lowest BCUT2D eigenvalue weighted by Gasteiger charge is -2.41. The van der Waals surface area contributed by atoms with Crippen LogP contribution in [-0.4, -0.2) is 98.3 Å². The van der Waals surface area contributed by atoms with Crippen molar-refractivity contribution in [3.63, 3.8) is 0 Å². The number of aliphatic hydroxyl groups excluding tert-OH is 5. The van der Waals surface area contributed by atoms with Crippen LogP contribution in [0.2, 0.25) is 0 Å². The molecule has 0 radical (unpaired) electrons. The highest BCUT2D eigenvalue weighted by molar-refractivity contribution is 7.47. The van der Waals surface area contributed by atoms with Crippen LogP contribution in [0.4, 0.5) is 0 Å². The third-order valence-corrected chi connectivity index (χ3v) is 9.91. The van der Waals surface area contributed by atoms with Crippen molar-refractivity contribution in [2.75, 3.05) is 13.2 Å². The minimum atomic E-state index is -5.14. The summed E-state index contributed by atoms with van der Waals surface area (Å²) in [5, 5.41) is 50.0. The van der Waals surface area contributed by atoms with Gasteiger partial charge in [-0.2, -0.15) is 0 Å². The summed E-state index contributed by atoms with van der Waals surface area (Å²) in [7, 11) is -5.14. The van der Waals surface area contributed by atoms with Gasteiger partial charge in [-0.3, -0.25) is 18.6 Å². The van der Waals surface area contributed by atoms with Gasteiger partial charge in [0, 0.05) is 12.8 Å². The fraction of sp³-hybridized carbons (Fsp3) is 0.600. The molecule has 334 valence electrons. The average molecular weight is 851 g/mol. The summed E-state index contributed by atoms with van der Waals surface area (Å²) in [5.74, 6) is -1.21. The van der Waals surface area contributed by atoms with Crippen LogP contribution in [0, 0.1) is 0 Å². The molecule has 0 saturated heterocycles. The first-order valence-electron chi connectivity index (χ1n) is 21.0. The van der Waals surface area contributed by atoms with Gasteiger partial charge in [-0.05, 0) is 89.9 Å². The first kappa shape index (κ1) is 53.8. The topological polar surface area (TPSA) is 210 Å². The molecule has 0 aliphatic heterocycles. The van der Waals surface area contributed by atoms with Crippen LogP contribution in [0.1, 0.15) is 117 Å². The van der Waals surface area contributed by atoms with Gasteiger partial charge in [-0.15, -0.1) is 0 Å². The number of phosphoric ester groups is 1. The summed E-state index contributed by atoms with van der Waals surface area (Å²) < 4.78 is 33.3. The van der Waals surface area contributed by atoms with Crippen LogP contribution < -0.4 is 0 Å². The number of phosphoric acid groups is 1. The van der Waals surface area contributed by atoms with Gasteiger partial charge < -0.3 is 39.9 Å². The van der Waals surface area contributed by atoms with Crippen LogP contribution in [-0.2, 0) is 32.7 Å². The van der Waals surface area contributed by atoms with Crippen LogP contribution in [0.3, 0.4) is 0 Å². The fourth-order valence-corrected chi connectivity index (χ4v) is 6.53. The molecule has 6 unspecified atom stereocenters. The lowest BCUT2D eigenvalue weighted by Crippen LogP contribution is -2.64. The van der Waals surface area contributed by atoms with Gasteiger partial charge >= 0.3 is 19.8 Å². The number of aliphatic hydroxyl groups is 5. The second-order valence-electron chi connectivity index (χ2n) is 14.1. The molecule has 1 rings (SSSR count). The Morgan fingerprint density at radius 2 is 0.898 bits per heavy atom. The van der Waals surface area contributed by atoms with E-state index in [0.717, 1.165) is 70.6 Å². The van der Waals surface area contributed by atoms with Gasteiger partial charge in [0.05, 0.1) is 6.61 Å². The molecule has 0 bridgehead atoms. The van der Waals surface area contributed by atoms with E-state index in [-0.39, 0.29) is 12.8 Å². The van der Waals surface area contributed by atoms with E-state index in [2.05, 4.69) is 105 Å². The normalized spacial score (nSPS) is 23.3. The Morgan fingerprint density at radius 1 is 0.525 bits per heavy atom. The summed E-state index contributed by atoms with van der Waals surface area (Å²) in [6.45, 7) is 2.96.